The third-order valence-corrected chi connectivity index (χ3v) is 15.5. The highest BCUT2D eigenvalue weighted by Crippen LogP contribution is 2.57. The highest BCUT2D eigenvalue weighted by molar-refractivity contribution is 6.82. The van der Waals surface area contributed by atoms with Crippen molar-refractivity contribution in [3.05, 3.63) is 79.4 Å². The van der Waals surface area contributed by atoms with Crippen molar-refractivity contribution in [1.82, 2.24) is 0 Å². The highest BCUT2D eigenvalue weighted by Gasteiger charge is 2.48. The van der Waals surface area contributed by atoms with Gasteiger partial charge in [-0.15, -0.1) is 0 Å². The van der Waals surface area contributed by atoms with Crippen LogP contribution >= 0.6 is 0 Å². The van der Waals surface area contributed by atoms with Gasteiger partial charge >= 0.3 is 0 Å². The van der Waals surface area contributed by atoms with Crippen LogP contribution in [0.2, 0.25) is 18.6 Å². The summed E-state index contributed by atoms with van der Waals surface area (Å²) in [5, 5.41) is 0. The molecule has 2 heteroatoms. The van der Waals surface area contributed by atoms with Gasteiger partial charge in [-0.25, -0.2) is 0 Å². The van der Waals surface area contributed by atoms with Gasteiger partial charge in [0.25, 0.3) is 0 Å². The molecule has 1 atom stereocenters. The minimum atomic E-state index is -1.88. The van der Waals surface area contributed by atoms with Crippen LogP contribution in [0, 0.1) is 6.92 Å². The topological polar surface area (TPSA) is 9.23 Å². The van der Waals surface area contributed by atoms with Crippen molar-refractivity contribution in [1.29, 1.82) is 0 Å². The second-order valence-electron chi connectivity index (χ2n) is 17.5. The molecule has 234 valence electrons. The summed E-state index contributed by atoms with van der Waals surface area (Å²) in [7, 11) is -0.0463. The van der Waals surface area contributed by atoms with E-state index < -0.39 is 8.07 Å². The van der Waals surface area contributed by atoms with E-state index >= 15 is 0 Å². The van der Waals surface area contributed by atoms with E-state index in [0.717, 1.165) is 5.75 Å². The maximum absolute atomic E-state index is 6.18. The third kappa shape index (κ3) is 5.45. The van der Waals surface area contributed by atoms with Crippen LogP contribution in [-0.2, 0) is 16.2 Å². The van der Waals surface area contributed by atoms with Crippen LogP contribution in [-0.4, -0.2) is 15.2 Å². The average molecular weight is 597 g/mol. The van der Waals surface area contributed by atoms with E-state index in [1.165, 1.54) is 50.1 Å². The van der Waals surface area contributed by atoms with Gasteiger partial charge in [-0.1, -0.05) is 104 Å². The summed E-state index contributed by atoms with van der Waals surface area (Å²) >= 11 is 0. The minimum absolute atomic E-state index is 0.0406. The second kappa shape index (κ2) is 10.6. The summed E-state index contributed by atoms with van der Waals surface area (Å²) in [5.41, 5.74) is 20.0. The number of benzene rings is 2. The summed E-state index contributed by atoms with van der Waals surface area (Å²) in [5.74, 6) is 1.04. The number of hydrogen-bond acceptors (Lipinski definition) is 1. The lowest BCUT2D eigenvalue weighted by Crippen LogP contribution is -2.41. The normalized spacial score (nSPS) is 18.6. The van der Waals surface area contributed by atoms with Gasteiger partial charge in [-0.3, -0.25) is 0 Å². The van der Waals surface area contributed by atoms with E-state index in [0.29, 0.717) is 11.1 Å². The van der Waals surface area contributed by atoms with Crippen molar-refractivity contribution < 1.29 is 4.74 Å². The molecule has 0 radical (unpaired) electrons. The van der Waals surface area contributed by atoms with Gasteiger partial charge in [-0.05, 0) is 120 Å². The number of methoxy groups -OCH3 is 1. The molecule has 0 saturated heterocycles. The van der Waals surface area contributed by atoms with Crippen LogP contribution in [0.1, 0.15) is 136 Å². The predicted molar refractivity (Wildman–Crippen MR) is 194 cm³/mol. The maximum atomic E-state index is 6.18. The molecule has 0 fully saturated rings. The molecule has 0 aliphatic heterocycles. The fourth-order valence-electron chi connectivity index (χ4n) is 8.65. The van der Waals surface area contributed by atoms with Gasteiger partial charge in [0.15, 0.2) is 0 Å². The van der Waals surface area contributed by atoms with Crippen molar-refractivity contribution in [3.63, 3.8) is 0 Å². The molecule has 4 rings (SSSR count). The summed E-state index contributed by atoms with van der Waals surface area (Å²) in [6, 6.07) is 7.52. The smallest absolute Gasteiger partial charge is 0.126 e. The molecule has 0 aromatic heterocycles. The summed E-state index contributed by atoms with van der Waals surface area (Å²) < 4.78 is 6.18. The van der Waals surface area contributed by atoms with E-state index in [-0.39, 0.29) is 16.2 Å². The fraction of sp³-hybridized carbons (Fsp3) is 0.561. The summed E-state index contributed by atoms with van der Waals surface area (Å²) in [6.45, 7) is 40.6. The first-order valence-electron chi connectivity index (χ1n) is 16.4. The monoisotopic (exact) mass is 596 g/mol. The van der Waals surface area contributed by atoms with E-state index in [1.807, 2.05) is 7.11 Å². The van der Waals surface area contributed by atoms with E-state index in [2.05, 4.69) is 141 Å². The molecule has 0 spiro atoms. The van der Waals surface area contributed by atoms with Gasteiger partial charge in [-0.2, -0.15) is 0 Å². The minimum Gasteiger partial charge on any atom is -0.496 e. The first-order chi connectivity index (χ1) is 19.5. The Hall–Kier alpha value is -2.32. The SMILES string of the molecule is COc1c(C(C)(C)C)cc(-c2c(C)c(C(C)(C)C)cc3c2C=C(C)C3[Si](C)(C)C2C(C)=C(C)C(C)=C2C)cc1C(C)(C)C. The Balaban J connectivity index is 2.12. The van der Waals surface area contributed by atoms with Crippen LogP contribution in [0.4, 0.5) is 0 Å². The molecule has 2 aromatic rings. The molecule has 1 nitrogen and oxygen atoms in total. The zero-order chi connectivity index (χ0) is 32.8. The Kier molecular flexibility index (Phi) is 8.31. The average Bonchev–Trinajstić information content (AvgIpc) is 3.29. The highest BCUT2D eigenvalue weighted by atomic mass is 28.3. The first-order valence-corrected chi connectivity index (χ1v) is 19.6. The predicted octanol–water partition coefficient (Wildman–Crippen LogP) is 12.4. The Bertz CT molecular complexity index is 1510. The van der Waals surface area contributed by atoms with Gasteiger partial charge in [0.1, 0.15) is 5.75 Å². The lowest BCUT2D eigenvalue weighted by Gasteiger charge is -2.40. The van der Waals surface area contributed by atoms with Crippen LogP contribution in [0.5, 0.6) is 5.75 Å². The molecule has 2 aromatic carbocycles. The fourth-order valence-corrected chi connectivity index (χ4v) is 13.9. The van der Waals surface area contributed by atoms with Crippen molar-refractivity contribution in [3.8, 4) is 16.9 Å². The van der Waals surface area contributed by atoms with Crippen LogP contribution in [0.25, 0.3) is 17.2 Å². The number of hydrogen-bond donors (Lipinski definition) is 0. The molecule has 1 unspecified atom stereocenters. The van der Waals surface area contributed by atoms with E-state index in [9.17, 15) is 0 Å². The summed E-state index contributed by atoms with van der Waals surface area (Å²) in [6.07, 6.45) is 2.56. The van der Waals surface area contributed by atoms with Crippen LogP contribution in [0.3, 0.4) is 0 Å². The quantitative estimate of drug-likeness (QED) is 0.319. The van der Waals surface area contributed by atoms with E-state index in [1.54, 1.807) is 22.3 Å². The van der Waals surface area contributed by atoms with Crippen LogP contribution in [0.15, 0.2) is 46.1 Å². The summed E-state index contributed by atoms with van der Waals surface area (Å²) in [4.78, 5) is 0. The molecule has 2 aliphatic rings. The molecule has 0 amide bonds. The van der Waals surface area contributed by atoms with Gasteiger partial charge in [0, 0.05) is 16.7 Å². The Morgan fingerprint density at radius 1 is 0.628 bits per heavy atom. The lowest BCUT2D eigenvalue weighted by molar-refractivity contribution is 0.381. The zero-order valence-corrected chi connectivity index (χ0v) is 31.9. The molecule has 0 heterocycles. The molecular formula is C41H60OSi. The van der Waals surface area contributed by atoms with Gasteiger partial charge in [0.05, 0.1) is 15.2 Å². The Labute approximate surface area is 265 Å². The van der Waals surface area contributed by atoms with E-state index in [4.69, 9.17) is 4.74 Å². The second-order valence-corrected chi connectivity index (χ2v) is 22.3. The van der Waals surface area contributed by atoms with Crippen molar-refractivity contribution >= 4 is 14.1 Å². The van der Waals surface area contributed by atoms with Crippen molar-refractivity contribution in [2.24, 2.45) is 0 Å². The molecule has 43 heavy (non-hydrogen) atoms. The zero-order valence-electron chi connectivity index (χ0n) is 30.9. The third-order valence-electron chi connectivity index (χ3n) is 10.9. The standard InChI is InChI=1S/C41H60OSi/c1-23-19-30-31(37(23)43(17,18)38-26(4)24(2)25(3)27(38)5)22-32(39(7,8)9)28(6)35(30)29-20-33(40(10,11)12)36(42-16)34(21-29)41(13,14)15/h19-22,37-38H,1-18H3. The van der Waals surface area contributed by atoms with Crippen LogP contribution < -0.4 is 4.74 Å². The molecule has 0 bridgehead atoms. The largest absolute Gasteiger partial charge is 0.496 e. The Morgan fingerprint density at radius 3 is 1.47 bits per heavy atom. The number of rotatable bonds is 4. The number of fused-ring (bicyclic) bond motifs is 1. The molecule has 0 N–H and O–H groups in total. The van der Waals surface area contributed by atoms with Gasteiger partial charge < -0.3 is 4.74 Å². The molecule has 2 aliphatic carbocycles. The number of ether oxygens (including phenoxy) is 1. The lowest BCUT2D eigenvalue weighted by atomic mass is 9.75. The van der Waals surface area contributed by atoms with Gasteiger partial charge in [0.2, 0.25) is 0 Å². The van der Waals surface area contributed by atoms with Crippen molar-refractivity contribution in [2.75, 3.05) is 7.11 Å². The van der Waals surface area contributed by atoms with Crippen molar-refractivity contribution in [2.45, 2.75) is 144 Å². The molecular weight excluding hydrogens is 537 g/mol. The maximum Gasteiger partial charge on any atom is 0.126 e. The Morgan fingerprint density at radius 2 is 1.07 bits per heavy atom. The first kappa shape index (κ1) is 33.6. The molecule has 0 saturated carbocycles. The number of allylic oxidation sites excluding steroid dienone is 5.